The summed E-state index contributed by atoms with van der Waals surface area (Å²) in [4.78, 5) is 4.02. The molecule has 1 aromatic carbocycles. The molecule has 0 fully saturated rings. The minimum absolute atomic E-state index is 0. The van der Waals surface area contributed by atoms with E-state index in [1.54, 1.807) is 0 Å². The Kier molecular flexibility index (Phi) is 3.68. The zero-order chi connectivity index (χ0) is 9.10. The van der Waals surface area contributed by atoms with Crippen LogP contribution in [0.1, 0.15) is 5.69 Å². The first-order chi connectivity index (χ1) is 6.42. The molecule has 74 valence electrons. The predicted molar refractivity (Wildman–Crippen MR) is 57.1 cm³/mol. The van der Waals surface area contributed by atoms with Gasteiger partial charge in [0.25, 0.3) is 0 Å². The van der Waals surface area contributed by atoms with E-state index in [0.29, 0.717) is 6.54 Å². The normalized spacial score (nSPS) is 9.50. The van der Waals surface area contributed by atoms with Crippen LogP contribution >= 0.6 is 12.4 Å². The van der Waals surface area contributed by atoms with Gasteiger partial charge in [-0.05, 0) is 0 Å². The SMILES string of the molecule is Cl.NCc1ncoc1-c1ccccc1. The number of benzene rings is 1. The van der Waals surface area contributed by atoms with Crippen LogP contribution in [0.15, 0.2) is 41.1 Å². The zero-order valence-electron chi connectivity index (χ0n) is 7.51. The number of aromatic nitrogens is 1. The Hall–Kier alpha value is -1.32. The Bertz CT molecular complexity index is 386. The van der Waals surface area contributed by atoms with Gasteiger partial charge in [-0.15, -0.1) is 12.4 Å². The van der Waals surface area contributed by atoms with Gasteiger partial charge < -0.3 is 10.2 Å². The van der Waals surface area contributed by atoms with E-state index in [0.717, 1.165) is 17.0 Å². The molecule has 2 N–H and O–H groups in total. The molecule has 0 amide bonds. The molecule has 0 aliphatic rings. The van der Waals surface area contributed by atoms with Crippen LogP contribution in [-0.2, 0) is 6.54 Å². The summed E-state index contributed by atoms with van der Waals surface area (Å²) in [6.45, 7) is 0.403. The van der Waals surface area contributed by atoms with Crippen LogP contribution in [0.3, 0.4) is 0 Å². The molecule has 0 bridgehead atoms. The highest BCUT2D eigenvalue weighted by Crippen LogP contribution is 2.21. The zero-order valence-corrected chi connectivity index (χ0v) is 8.33. The molecule has 0 atom stereocenters. The Balaban J connectivity index is 0.000000980. The van der Waals surface area contributed by atoms with Gasteiger partial charge in [-0.2, -0.15) is 0 Å². The van der Waals surface area contributed by atoms with Crippen molar-refractivity contribution in [2.24, 2.45) is 5.73 Å². The third-order valence-corrected chi connectivity index (χ3v) is 1.87. The average Bonchev–Trinajstić information content (AvgIpc) is 2.67. The minimum Gasteiger partial charge on any atom is -0.443 e. The summed E-state index contributed by atoms with van der Waals surface area (Å²) in [6.07, 6.45) is 1.42. The van der Waals surface area contributed by atoms with Crippen molar-refractivity contribution in [1.29, 1.82) is 0 Å². The van der Waals surface area contributed by atoms with Gasteiger partial charge in [0.2, 0.25) is 0 Å². The van der Waals surface area contributed by atoms with E-state index < -0.39 is 0 Å². The van der Waals surface area contributed by atoms with E-state index in [9.17, 15) is 0 Å². The van der Waals surface area contributed by atoms with E-state index in [-0.39, 0.29) is 12.4 Å². The lowest BCUT2D eigenvalue weighted by Crippen LogP contribution is -1.97. The fraction of sp³-hybridized carbons (Fsp3) is 0.100. The Labute approximate surface area is 88.4 Å². The molecular weight excluding hydrogens is 200 g/mol. The fourth-order valence-electron chi connectivity index (χ4n) is 1.24. The van der Waals surface area contributed by atoms with Gasteiger partial charge in [0.1, 0.15) is 5.69 Å². The van der Waals surface area contributed by atoms with E-state index in [1.807, 2.05) is 30.3 Å². The van der Waals surface area contributed by atoms with Crippen molar-refractivity contribution in [3.8, 4) is 11.3 Å². The number of oxazole rings is 1. The average molecular weight is 211 g/mol. The monoisotopic (exact) mass is 210 g/mol. The molecule has 0 spiro atoms. The second kappa shape index (κ2) is 4.79. The van der Waals surface area contributed by atoms with Crippen molar-refractivity contribution in [2.45, 2.75) is 6.54 Å². The maximum absolute atomic E-state index is 5.51. The predicted octanol–water partition coefficient (Wildman–Crippen LogP) is 2.22. The van der Waals surface area contributed by atoms with Crippen molar-refractivity contribution >= 4 is 12.4 Å². The molecule has 0 aliphatic heterocycles. The van der Waals surface area contributed by atoms with E-state index in [4.69, 9.17) is 10.2 Å². The van der Waals surface area contributed by atoms with Crippen LogP contribution in [0.4, 0.5) is 0 Å². The molecule has 3 nitrogen and oxygen atoms in total. The Morgan fingerprint density at radius 1 is 1.21 bits per heavy atom. The molecule has 0 aliphatic carbocycles. The van der Waals surface area contributed by atoms with Crippen LogP contribution in [0, 0.1) is 0 Å². The number of rotatable bonds is 2. The van der Waals surface area contributed by atoms with Gasteiger partial charge in [0, 0.05) is 12.1 Å². The van der Waals surface area contributed by atoms with Crippen molar-refractivity contribution in [2.75, 3.05) is 0 Å². The first-order valence-corrected chi connectivity index (χ1v) is 4.09. The summed E-state index contributed by atoms with van der Waals surface area (Å²) in [5.74, 6) is 0.767. The van der Waals surface area contributed by atoms with Crippen LogP contribution < -0.4 is 5.73 Å². The Morgan fingerprint density at radius 2 is 1.93 bits per heavy atom. The van der Waals surface area contributed by atoms with Crippen LogP contribution in [-0.4, -0.2) is 4.98 Å². The molecule has 0 saturated carbocycles. The lowest BCUT2D eigenvalue weighted by molar-refractivity contribution is 0.571. The number of halogens is 1. The maximum Gasteiger partial charge on any atom is 0.181 e. The molecule has 0 radical (unpaired) electrons. The standard InChI is InChI=1S/C10H10N2O.ClH/c11-6-9-10(13-7-12-9)8-4-2-1-3-5-8;/h1-5,7H,6,11H2;1H. The van der Waals surface area contributed by atoms with Gasteiger partial charge in [-0.3, -0.25) is 0 Å². The summed E-state index contributed by atoms with van der Waals surface area (Å²) in [5.41, 5.74) is 7.32. The molecule has 2 aromatic rings. The largest absolute Gasteiger partial charge is 0.443 e. The second-order valence-corrected chi connectivity index (χ2v) is 2.70. The Morgan fingerprint density at radius 3 is 2.57 bits per heavy atom. The molecule has 1 heterocycles. The van der Waals surface area contributed by atoms with Gasteiger partial charge in [0.05, 0.1) is 0 Å². The summed E-state index contributed by atoms with van der Waals surface area (Å²) >= 11 is 0. The van der Waals surface area contributed by atoms with Crippen molar-refractivity contribution in [1.82, 2.24) is 4.98 Å². The van der Waals surface area contributed by atoms with E-state index in [1.165, 1.54) is 6.39 Å². The summed E-state index contributed by atoms with van der Waals surface area (Å²) in [6, 6.07) is 9.82. The van der Waals surface area contributed by atoms with Gasteiger partial charge >= 0.3 is 0 Å². The van der Waals surface area contributed by atoms with Crippen LogP contribution in [0.2, 0.25) is 0 Å². The quantitative estimate of drug-likeness (QED) is 0.827. The summed E-state index contributed by atoms with van der Waals surface area (Å²) in [5, 5.41) is 0. The number of nitrogens with zero attached hydrogens (tertiary/aromatic N) is 1. The number of hydrogen-bond acceptors (Lipinski definition) is 3. The van der Waals surface area contributed by atoms with E-state index >= 15 is 0 Å². The van der Waals surface area contributed by atoms with E-state index in [2.05, 4.69) is 4.98 Å². The van der Waals surface area contributed by atoms with Gasteiger partial charge in [0.15, 0.2) is 12.2 Å². The van der Waals surface area contributed by atoms with Crippen molar-refractivity contribution in [3.05, 3.63) is 42.4 Å². The molecule has 2 rings (SSSR count). The summed E-state index contributed by atoms with van der Waals surface area (Å²) < 4.78 is 5.25. The first kappa shape index (κ1) is 10.8. The lowest BCUT2D eigenvalue weighted by Gasteiger charge is -1.97. The van der Waals surface area contributed by atoms with Crippen molar-refractivity contribution < 1.29 is 4.42 Å². The molecule has 14 heavy (non-hydrogen) atoms. The molecule has 0 unspecified atom stereocenters. The van der Waals surface area contributed by atoms with Crippen LogP contribution in [0.25, 0.3) is 11.3 Å². The second-order valence-electron chi connectivity index (χ2n) is 2.70. The third kappa shape index (κ3) is 1.95. The highest BCUT2D eigenvalue weighted by Gasteiger charge is 2.07. The van der Waals surface area contributed by atoms with Crippen LogP contribution in [0.5, 0.6) is 0 Å². The highest BCUT2D eigenvalue weighted by atomic mass is 35.5. The smallest absolute Gasteiger partial charge is 0.181 e. The summed E-state index contributed by atoms with van der Waals surface area (Å²) in [7, 11) is 0. The number of nitrogens with two attached hydrogens (primary N) is 1. The molecule has 1 aromatic heterocycles. The first-order valence-electron chi connectivity index (χ1n) is 4.09. The molecule has 0 saturated heterocycles. The van der Waals surface area contributed by atoms with Crippen molar-refractivity contribution in [3.63, 3.8) is 0 Å². The topological polar surface area (TPSA) is 52.0 Å². The molecule has 4 heteroatoms. The van der Waals surface area contributed by atoms with Gasteiger partial charge in [-0.1, -0.05) is 30.3 Å². The minimum atomic E-state index is 0. The maximum atomic E-state index is 5.51. The third-order valence-electron chi connectivity index (χ3n) is 1.87. The number of hydrogen-bond donors (Lipinski definition) is 1. The highest BCUT2D eigenvalue weighted by molar-refractivity contribution is 5.85. The lowest BCUT2D eigenvalue weighted by atomic mass is 10.1. The fourth-order valence-corrected chi connectivity index (χ4v) is 1.24. The molecular formula is C10H11ClN2O. The van der Waals surface area contributed by atoms with Gasteiger partial charge in [-0.25, -0.2) is 4.98 Å².